The summed E-state index contributed by atoms with van der Waals surface area (Å²) in [6, 6.07) is 10.7. The number of hydrogen-bond donors (Lipinski definition) is 2. The number of nitrogens with one attached hydrogen (secondary N) is 2. The van der Waals surface area contributed by atoms with E-state index in [-0.39, 0.29) is 23.6 Å². The van der Waals surface area contributed by atoms with Gasteiger partial charge in [0.05, 0.1) is 12.8 Å². The first-order valence-electron chi connectivity index (χ1n) is 7.57. The van der Waals surface area contributed by atoms with Gasteiger partial charge in [-0.05, 0) is 36.4 Å². The highest BCUT2D eigenvalue weighted by atomic mass is 19.2. The van der Waals surface area contributed by atoms with Crippen LogP contribution in [-0.2, 0) is 6.54 Å². The van der Waals surface area contributed by atoms with Crippen LogP contribution in [0.2, 0.25) is 0 Å². The molecular formula is C18H13F2N3O3. The Hall–Kier alpha value is -3.55. The van der Waals surface area contributed by atoms with Crippen molar-refractivity contribution in [1.29, 1.82) is 0 Å². The van der Waals surface area contributed by atoms with Crippen molar-refractivity contribution in [3.05, 3.63) is 83.6 Å². The van der Waals surface area contributed by atoms with E-state index in [1.165, 1.54) is 30.5 Å². The fourth-order valence-corrected chi connectivity index (χ4v) is 2.13. The molecule has 0 radical (unpaired) electrons. The van der Waals surface area contributed by atoms with Crippen molar-refractivity contribution < 1.29 is 22.8 Å². The van der Waals surface area contributed by atoms with Crippen molar-refractivity contribution >= 4 is 17.5 Å². The van der Waals surface area contributed by atoms with Gasteiger partial charge < -0.3 is 15.1 Å². The molecule has 0 spiro atoms. The fraction of sp³-hybridized carbons (Fsp3) is 0.0556. The Labute approximate surface area is 146 Å². The van der Waals surface area contributed by atoms with E-state index in [9.17, 15) is 18.4 Å². The van der Waals surface area contributed by atoms with Gasteiger partial charge >= 0.3 is 0 Å². The Morgan fingerprint density at radius 3 is 2.42 bits per heavy atom. The zero-order valence-corrected chi connectivity index (χ0v) is 13.3. The summed E-state index contributed by atoms with van der Waals surface area (Å²) in [5, 5.41) is 5.00. The number of carbonyl (C=O) groups excluding carboxylic acids is 2. The van der Waals surface area contributed by atoms with Crippen LogP contribution in [0.4, 0.5) is 14.5 Å². The van der Waals surface area contributed by atoms with Gasteiger partial charge in [0.15, 0.2) is 11.6 Å². The maximum atomic E-state index is 13.2. The van der Waals surface area contributed by atoms with Crippen LogP contribution >= 0.6 is 0 Å². The topological polar surface area (TPSA) is 84.2 Å². The van der Waals surface area contributed by atoms with E-state index in [0.717, 1.165) is 12.1 Å². The Bertz CT molecular complexity index is 943. The highest BCUT2D eigenvalue weighted by Crippen LogP contribution is 2.14. The van der Waals surface area contributed by atoms with Crippen LogP contribution in [0.5, 0.6) is 0 Å². The van der Waals surface area contributed by atoms with E-state index >= 15 is 0 Å². The van der Waals surface area contributed by atoms with Gasteiger partial charge in [-0.1, -0.05) is 6.07 Å². The number of pyridine rings is 1. The smallest absolute Gasteiger partial charge is 0.274 e. The summed E-state index contributed by atoms with van der Waals surface area (Å²) in [7, 11) is 0. The molecular weight excluding hydrogens is 344 g/mol. The molecule has 26 heavy (non-hydrogen) atoms. The quantitative estimate of drug-likeness (QED) is 0.735. The number of benzene rings is 1. The van der Waals surface area contributed by atoms with Crippen molar-refractivity contribution in [1.82, 2.24) is 10.3 Å². The van der Waals surface area contributed by atoms with Crippen molar-refractivity contribution in [2.24, 2.45) is 0 Å². The minimum atomic E-state index is -1.08. The number of anilines is 1. The van der Waals surface area contributed by atoms with E-state index in [1.54, 1.807) is 12.1 Å². The molecule has 0 atom stereocenters. The predicted octanol–water partition coefficient (Wildman–Crippen LogP) is 3.14. The molecule has 0 saturated heterocycles. The molecule has 3 aromatic rings. The molecule has 0 aliphatic heterocycles. The van der Waals surface area contributed by atoms with Crippen LogP contribution in [0, 0.1) is 11.6 Å². The minimum Gasteiger partial charge on any atom is -0.467 e. The summed E-state index contributed by atoms with van der Waals surface area (Å²) in [5.41, 5.74) is 0.0678. The van der Waals surface area contributed by atoms with E-state index in [1.807, 2.05) is 0 Å². The summed E-state index contributed by atoms with van der Waals surface area (Å²) in [4.78, 5) is 28.3. The van der Waals surface area contributed by atoms with Gasteiger partial charge in [0.1, 0.15) is 17.1 Å². The molecule has 0 bridgehead atoms. The second-order valence-electron chi connectivity index (χ2n) is 5.25. The Balaban J connectivity index is 1.68. The molecule has 2 aromatic heterocycles. The van der Waals surface area contributed by atoms with Crippen LogP contribution in [0.3, 0.4) is 0 Å². The molecule has 0 fully saturated rings. The second-order valence-corrected chi connectivity index (χ2v) is 5.25. The maximum absolute atomic E-state index is 13.2. The van der Waals surface area contributed by atoms with Gasteiger partial charge in [-0.25, -0.2) is 13.8 Å². The molecule has 0 aliphatic carbocycles. The summed E-state index contributed by atoms with van der Waals surface area (Å²) >= 11 is 0. The van der Waals surface area contributed by atoms with Crippen LogP contribution < -0.4 is 10.6 Å². The van der Waals surface area contributed by atoms with Crippen molar-refractivity contribution in [2.75, 3.05) is 5.32 Å². The van der Waals surface area contributed by atoms with Gasteiger partial charge in [0.25, 0.3) is 11.8 Å². The molecule has 3 rings (SSSR count). The van der Waals surface area contributed by atoms with Crippen molar-refractivity contribution in [3.63, 3.8) is 0 Å². The standard InChI is InChI=1S/C18H13F2N3O3/c19-13-7-6-11(9-14(13)20)22-18(25)16-5-1-4-15(23-16)17(24)21-10-12-3-2-8-26-12/h1-9H,10H2,(H,21,24)(H,22,25). The highest BCUT2D eigenvalue weighted by molar-refractivity contribution is 6.03. The first-order chi connectivity index (χ1) is 12.5. The lowest BCUT2D eigenvalue weighted by Gasteiger charge is -2.07. The molecule has 0 aliphatic rings. The third-order valence-corrected chi connectivity index (χ3v) is 3.40. The van der Waals surface area contributed by atoms with Gasteiger partial charge in [-0.15, -0.1) is 0 Å². The van der Waals surface area contributed by atoms with E-state index in [2.05, 4.69) is 15.6 Å². The zero-order valence-electron chi connectivity index (χ0n) is 13.3. The lowest BCUT2D eigenvalue weighted by Crippen LogP contribution is -2.24. The number of rotatable bonds is 5. The molecule has 132 valence electrons. The monoisotopic (exact) mass is 357 g/mol. The predicted molar refractivity (Wildman–Crippen MR) is 88.4 cm³/mol. The number of furan rings is 1. The molecule has 2 heterocycles. The summed E-state index contributed by atoms with van der Waals surface area (Å²) in [6.45, 7) is 0.179. The lowest BCUT2D eigenvalue weighted by atomic mass is 10.2. The first-order valence-corrected chi connectivity index (χ1v) is 7.57. The Kier molecular flexibility index (Phi) is 5.02. The number of amides is 2. The number of hydrogen-bond acceptors (Lipinski definition) is 4. The minimum absolute atomic E-state index is 0.0366. The van der Waals surface area contributed by atoms with Gasteiger partial charge in [-0.3, -0.25) is 9.59 Å². The average Bonchev–Trinajstić information content (AvgIpc) is 3.16. The van der Waals surface area contributed by atoms with Crippen molar-refractivity contribution in [2.45, 2.75) is 6.54 Å². The molecule has 8 heteroatoms. The van der Waals surface area contributed by atoms with Crippen LogP contribution in [-0.4, -0.2) is 16.8 Å². The molecule has 1 aromatic carbocycles. The number of nitrogens with zero attached hydrogens (tertiary/aromatic N) is 1. The van der Waals surface area contributed by atoms with Crippen LogP contribution in [0.15, 0.2) is 59.2 Å². The Morgan fingerprint density at radius 2 is 1.73 bits per heavy atom. The molecule has 2 N–H and O–H groups in total. The number of halogens is 2. The van der Waals surface area contributed by atoms with Gasteiger partial charge in [-0.2, -0.15) is 0 Å². The first kappa shape index (κ1) is 17.3. The summed E-state index contributed by atoms with van der Waals surface area (Å²) in [5.74, 6) is -2.66. The normalized spacial score (nSPS) is 10.4. The summed E-state index contributed by atoms with van der Waals surface area (Å²) in [6.07, 6.45) is 1.49. The Morgan fingerprint density at radius 1 is 0.962 bits per heavy atom. The average molecular weight is 357 g/mol. The van der Waals surface area contributed by atoms with Crippen molar-refractivity contribution in [3.8, 4) is 0 Å². The zero-order chi connectivity index (χ0) is 18.5. The van der Waals surface area contributed by atoms with E-state index < -0.39 is 23.4 Å². The lowest BCUT2D eigenvalue weighted by molar-refractivity contribution is 0.0943. The highest BCUT2D eigenvalue weighted by Gasteiger charge is 2.13. The largest absolute Gasteiger partial charge is 0.467 e. The maximum Gasteiger partial charge on any atom is 0.274 e. The van der Waals surface area contributed by atoms with E-state index in [4.69, 9.17) is 4.42 Å². The molecule has 0 saturated carbocycles. The fourth-order valence-electron chi connectivity index (χ4n) is 2.13. The van der Waals surface area contributed by atoms with E-state index in [0.29, 0.717) is 5.76 Å². The molecule has 6 nitrogen and oxygen atoms in total. The SMILES string of the molecule is O=C(NCc1ccco1)c1cccc(C(=O)Nc2ccc(F)c(F)c2)n1. The van der Waals surface area contributed by atoms with Crippen LogP contribution in [0.25, 0.3) is 0 Å². The number of carbonyl (C=O) groups is 2. The number of aromatic nitrogens is 1. The van der Waals surface area contributed by atoms with Gasteiger partial charge in [0, 0.05) is 11.8 Å². The molecule has 2 amide bonds. The third-order valence-electron chi connectivity index (χ3n) is 3.40. The van der Waals surface area contributed by atoms with Crippen LogP contribution in [0.1, 0.15) is 26.7 Å². The third kappa shape index (κ3) is 4.10. The summed E-state index contributed by atoms with van der Waals surface area (Å²) < 4.78 is 31.2. The second kappa shape index (κ2) is 7.56. The van der Waals surface area contributed by atoms with Gasteiger partial charge in [0.2, 0.25) is 0 Å². The molecule has 0 unspecified atom stereocenters.